The van der Waals surface area contributed by atoms with Crippen molar-refractivity contribution < 1.29 is 9.90 Å². The molecule has 0 radical (unpaired) electrons. The van der Waals surface area contributed by atoms with E-state index in [0.717, 1.165) is 11.4 Å². The summed E-state index contributed by atoms with van der Waals surface area (Å²) in [5, 5.41) is 26.5. The van der Waals surface area contributed by atoms with E-state index in [4.69, 9.17) is 0 Å². The van der Waals surface area contributed by atoms with Gasteiger partial charge in [-0.2, -0.15) is 10.1 Å². The number of aliphatic hydroxyl groups is 1. The molecule has 10 heteroatoms. The normalized spacial score (nSPS) is 12.6. The van der Waals surface area contributed by atoms with Gasteiger partial charge in [0.15, 0.2) is 0 Å². The molecule has 10 nitrogen and oxygen atoms in total. The molecule has 0 saturated carbocycles. The van der Waals surface area contributed by atoms with E-state index >= 15 is 0 Å². The summed E-state index contributed by atoms with van der Waals surface area (Å²) in [5.74, 6) is 0.475. The van der Waals surface area contributed by atoms with E-state index in [-0.39, 0.29) is 5.91 Å². The number of amides is 1. The van der Waals surface area contributed by atoms with Crippen LogP contribution in [-0.2, 0) is 13.1 Å². The molecule has 0 aliphatic carbocycles. The van der Waals surface area contributed by atoms with Crippen LogP contribution in [0.2, 0.25) is 0 Å². The van der Waals surface area contributed by atoms with Crippen LogP contribution in [0.15, 0.2) is 61.6 Å². The van der Waals surface area contributed by atoms with Gasteiger partial charge in [-0.15, -0.1) is 0 Å². The number of hydrogen-bond acceptors (Lipinski definition) is 8. The van der Waals surface area contributed by atoms with Crippen molar-refractivity contribution >= 4 is 34.7 Å². The topological polar surface area (TPSA) is 129 Å². The third-order valence-corrected chi connectivity index (χ3v) is 4.74. The summed E-state index contributed by atoms with van der Waals surface area (Å²) in [7, 11) is 0. The highest BCUT2D eigenvalue weighted by atomic mass is 16.3. The maximum Gasteiger partial charge on any atom is 0.257 e. The van der Waals surface area contributed by atoms with Gasteiger partial charge in [-0.25, -0.2) is 4.98 Å². The number of nitrogens with one attached hydrogen (secondary N) is 4. The van der Waals surface area contributed by atoms with Crippen molar-refractivity contribution in [2.24, 2.45) is 0 Å². The van der Waals surface area contributed by atoms with E-state index in [2.05, 4.69) is 49.5 Å². The minimum absolute atomic E-state index is 0.239. The zero-order valence-electron chi connectivity index (χ0n) is 18.5. The number of aromatic nitrogens is 4. The quantitative estimate of drug-likeness (QED) is 0.317. The fraction of sp³-hybridized carbons (Fsp3) is 0.217. The Hall–Kier alpha value is -4.18. The summed E-state index contributed by atoms with van der Waals surface area (Å²) in [6, 6.07) is 7.57. The fourth-order valence-electron chi connectivity index (χ4n) is 3.36. The molecule has 0 spiro atoms. The van der Waals surface area contributed by atoms with E-state index in [1.54, 1.807) is 37.0 Å². The summed E-state index contributed by atoms with van der Waals surface area (Å²) in [6.07, 6.45) is 4.99. The Morgan fingerprint density at radius 2 is 2.06 bits per heavy atom. The number of carbonyl (C=O) groups excluding carboxylic acids is 1. The molecule has 0 unspecified atom stereocenters. The highest BCUT2D eigenvalue weighted by Gasteiger charge is 2.27. The number of benzene rings is 1. The minimum atomic E-state index is -0.905. The smallest absolute Gasteiger partial charge is 0.257 e. The van der Waals surface area contributed by atoms with Gasteiger partial charge in [-0.3, -0.25) is 9.48 Å². The molecule has 0 saturated heterocycles. The Labute approximate surface area is 191 Å². The van der Waals surface area contributed by atoms with Crippen molar-refractivity contribution in [2.45, 2.75) is 32.5 Å². The van der Waals surface area contributed by atoms with Crippen molar-refractivity contribution in [2.75, 3.05) is 16.0 Å². The number of allylic oxidation sites excluding steroid dienone is 1. The maximum atomic E-state index is 12.4. The largest absolute Gasteiger partial charge is 0.389 e. The van der Waals surface area contributed by atoms with Crippen LogP contribution in [0.1, 0.15) is 29.9 Å². The number of nitrogens with zero attached hydrogens (tertiary/aromatic N) is 4. The Bertz CT molecular complexity index is 1230. The predicted molar refractivity (Wildman–Crippen MR) is 128 cm³/mol. The Morgan fingerprint density at radius 1 is 1.27 bits per heavy atom. The molecular formula is C23H26N8O2. The molecule has 1 aliphatic heterocycles. The lowest BCUT2D eigenvalue weighted by Crippen LogP contribution is -2.26. The van der Waals surface area contributed by atoms with Crippen LogP contribution in [0.3, 0.4) is 0 Å². The second-order valence-corrected chi connectivity index (χ2v) is 8.32. The first kappa shape index (κ1) is 22.0. The molecule has 4 rings (SSSR count). The van der Waals surface area contributed by atoms with Crippen LogP contribution in [0.25, 0.3) is 0 Å². The van der Waals surface area contributed by atoms with E-state index in [1.807, 2.05) is 24.3 Å². The second-order valence-electron chi connectivity index (χ2n) is 8.32. The van der Waals surface area contributed by atoms with Crippen molar-refractivity contribution in [3.63, 3.8) is 0 Å². The van der Waals surface area contributed by atoms with Gasteiger partial charge in [0.1, 0.15) is 11.4 Å². The second kappa shape index (κ2) is 8.75. The van der Waals surface area contributed by atoms with Crippen molar-refractivity contribution in [1.82, 2.24) is 25.1 Å². The monoisotopic (exact) mass is 446 g/mol. The zero-order valence-corrected chi connectivity index (χ0v) is 18.5. The van der Waals surface area contributed by atoms with Crippen LogP contribution in [-0.4, -0.2) is 36.4 Å². The van der Waals surface area contributed by atoms with E-state index in [9.17, 15) is 9.90 Å². The van der Waals surface area contributed by atoms with Gasteiger partial charge in [-0.05, 0) is 38.1 Å². The fourth-order valence-corrected chi connectivity index (χ4v) is 3.36. The molecule has 5 N–H and O–H groups in total. The lowest BCUT2D eigenvalue weighted by atomic mass is 10.1. The average molecular weight is 447 g/mol. The first-order valence-electron chi connectivity index (χ1n) is 10.4. The van der Waals surface area contributed by atoms with Gasteiger partial charge in [0.05, 0.1) is 36.3 Å². The molecule has 170 valence electrons. The average Bonchev–Trinajstić information content (AvgIpc) is 3.33. The van der Waals surface area contributed by atoms with Crippen molar-refractivity contribution in [3.05, 3.63) is 72.8 Å². The lowest BCUT2D eigenvalue weighted by molar-refractivity contribution is 0.0577. The SMILES string of the molecule is C=CC(=C)Nc1cccc(Nc2nc3c(c(Nc4cnn(CC(C)(C)O)c4)n2)C(=O)NC3)c1. The highest BCUT2D eigenvalue weighted by molar-refractivity contribution is 6.02. The molecule has 1 amide bonds. The van der Waals surface area contributed by atoms with Gasteiger partial charge in [-0.1, -0.05) is 19.2 Å². The van der Waals surface area contributed by atoms with Crippen LogP contribution in [0, 0.1) is 0 Å². The summed E-state index contributed by atoms with van der Waals surface area (Å²) in [6.45, 7) is 11.6. The molecule has 1 aliphatic rings. The molecule has 0 atom stereocenters. The summed E-state index contributed by atoms with van der Waals surface area (Å²) in [4.78, 5) is 21.4. The van der Waals surface area contributed by atoms with E-state index in [1.165, 1.54) is 0 Å². The summed E-state index contributed by atoms with van der Waals surface area (Å²) >= 11 is 0. The van der Waals surface area contributed by atoms with Gasteiger partial charge in [0, 0.05) is 23.3 Å². The molecule has 33 heavy (non-hydrogen) atoms. The minimum Gasteiger partial charge on any atom is -0.389 e. The summed E-state index contributed by atoms with van der Waals surface area (Å²) < 4.78 is 1.62. The first-order chi connectivity index (χ1) is 15.7. The molecule has 0 fully saturated rings. The van der Waals surface area contributed by atoms with Crippen LogP contribution in [0.4, 0.5) is 28.8 Å². The number of fused-ring (bicyclic) bond motifs is 1. The predicted octanol–water partition coefficient (Wildman–Crippen LogP) is 3.29. The Kier molecular flexibility index (Phi) is 5.84. The standard InChI is InChI=1S/C23H26N8O2/c1-5-14(2)26-15-7-6-8-16(9-15)28-22-29-18-11-24-21(32)19(18)20(30-22)27-17-10-25-31(12-17)13-23(3,4)33/h5-10,12,26,33H,1-2,11,13H2,3-4H3,(H,24,32)(H2,27,28,29,30). The first-order valence-corrected chi connectivity index (χ1v) is 10.4. The molecule has 2 aromatic heterocycles. The van der Waals surface area contributed by atoms with E-state index < -0.39 is 5.60 Å². The number of rotatable bonds is 9. The third kappa shape index (κ3) is 5.36. The van der Waals surface area contributed by atoms with Gasteiger partial charge in [0.2, 0.25) is 5.95 Å². The van der Waals surface area contributed by atoms with Crippen molar-refractivity contribution in [3.8, 4) is 0 Å². The Balaban J connectivity index is 1.60. The summed E-state index contributed by atoms with van der Waals surface area (Å²) in [5.41, 5.74) is 3.00. The number of carbonyl (C=O) groups is 1. The highest BCUT2D eigenvalue weighted by Crippen LogP contribution is 2.28. The van der Waals surface area contributed by atoms with E-state index in [0.29, 0.717) is 47.5 Å². The van der Waals surface area contributed by atoms with Crippen LogP contribution >= 0.6 is 0 Å². The molecule has 0 bridgehead atoms. The van der Waals surface area contributed by atoms with Gasteiger partial charge < -0.3 is 26.4 Å². The third-order valence-electron chi connectivity index (χ3n) is 4.74. The number of hydrogen-bond donors (Lipinski definition) is 5. The zero-order chi connectivity index (χ0) is 23.6. The molecular weight excluding hydrogens is 420 g/mol. The Morgan fingerprint density at radius 3 is 2.82 bits per heavy atom. The molecule has 3 aromatic rings. The maximum absolute atomic E-state index is 12.4. The van der Waals surface area contributed by atoms with Gasteiger partial charge >= 0.3 is 0 Å². The molecule has 3 heterocycles. The molecule has 1 aromatic carbocycles. The van der Waals surface area contributed by atoms with Crippen LogP contribution in [0.5, 0.6) is 0 Å². The lowest BCUT2D eigenvalue weighted by Gasteiger charge is -2.16. The van der Waals surface area contributed by atoms with Gasteiger partial charge in [0.25, 0.3) is 5.91 Å². The number of anilines is 5. The van der Waals surface area contributed by atoms with Crippen molar-refractivity contribution in [1.29, 1.82) is 0 Å². The van der Waals surface area contributed by atoms with Crippen LogP contribution < -0.4 is 21.3 Å².